The number of alkyl halides is 2. The molecule has 0 aliphatic carbocycles. The van der Waals surface area contributed by atoms with E-state index in [1.54, 1.807) is 0 Å². The molecular weight excluding hydrogens is 276 g/mol. The summed E-state index contributed by atoms with van der Waals surface area (Å²) in [6.45, 7) is 0.115. The van der Waals surface area contributed by atoms with Crippen molar-refractivity contribution in [2.75, 3.05) is 11.4 Å². The summed E-state index contributed by atoms with van der Waals surface area (Å²) >= 11 is 0. The summed E-state index contributed by atoms with van der Waals surface area (Å²) in [5.41, 5.74) is 0.0880. The lowest BCUT2D eigenvalue weighted by Crippen LogP contribution is -2.30. The fourth-order valence-corrected chi connectivity index (χ4v) is 2.28. The first kappa shape index (κ1) is 12.6. The van der Waals surface area contributed by atoms with Crippen molar-refractivity contribution in [1.82, 2.24) is 0 Å². The number of halogens is 2. The SMILES string of the molecule is O=C1CCCN(C(=O)O)c2cc3c(cc21)OC(F)(F)O3. The van der Waals surface area contributed by atoms with Crippen LogP contribution in [-0.2, 0) is 0 Å². The van der Waals surface area contributed by atoms with E-state index in [4.69, 9.17) is 5.11 Å². The van der Waals surface area contributed by atoms with E-state index in [0.717, 1.165) is 17.0 Å². The Bertz CT molecular complexity index is 616. The van der Waals surface area contributed by atoms with Crippen molar-refractivity contribution in [2.45, 2.75) is 19.1 Å². The monoisotopic (exact) mass is 285 g/mol. The molecular formula is C12H9F2NO5. The number of carboxylic acid groups (broad SMARTS) is 1. The first-order valence-electron chi connectivity index (χ1n) is 5.85. The predicted octanol–water partition coefficient (Wildman–Crippen LogP) is 2.47. The maximum absolute atomic E-state index is 13.0. The maximum atomic E-state index is 13.0. The van der Waals surface area contributed by atoms with Crippen LogP contribution < -0.4 is 14.4 Å². The van der Waals surface area contributed by atoms with Crippen LogP contribution in [0.15, 0.2) is 12.1 Å². The van der Waals surface area contributed by atoms with E-state index < -0.39 is 12.4 Å². The number of ether oxygens (including phenoxy) is 2. The maximum Gasteiger partial charge on any atom is 0.586 e. The van der Waals surface area contributed by atoms with Gasteiger partial charge in [-0.2, -0.15) is 0 Å². The molecule has 1 aromatic carbocycles. The summed E-state index contributed by atoms with van der Waals surface area (Å²) in [5.74, 6) is -0.866. The molecule has 0 aromatic heterocycles. The third-order valence-electron chi connectivity index (χ3n) is 3.13. The number of anilines is 1. The number of fused-ring (bicyclic) bond motifs is 2. The molecule has 2 heterocycles. The lowest BCUT2D eigenvalue weighted by molar-refractivity contribution is -0.286. The van der Waals surface area contributed by atoms with Gasteiger partial charge in [0, 0.05) is 24.6 Å². The van der Waals surface area contributed by atoms with Gasteiger partial charge in [0.1, 0.15) is 0 Å². The summed E-state index contributed by atoms with van der Waals surface area (Å²) in [5, 5.41) is 9.14. The molecule has 0 unspecified atom stereocenters. The zero-order valence-electron chi connectivity index (χ0n) is 10.1. The number of carbonyl (C=O) groups is 2. The Labute approximate surface area is 111 Å². The first-order valence-corrected chi connectivity index (χ1v) is 5.85. The molecule has 106 valence electrons. The fraction of sp³-hybridized carbons (Fsp3) is 0.333. The molecule has 2 aliphatic heterocycles. The minimum atomic E-state index is -3.81. The molecule has 20 heavy (non-hydrogen) atoms. The van der Waals surface area contributed by atoms with E-state index in [9.17, 15) is 18.4 Å². The first-order chi connectivity index (χ1) is 9.37. The standard InChI is InChI=1S/C12H9F2NO5/c13-12(14)19-9-4-6-7(5-10(9)20-12)15(11(17)18)3-1-2-8(6)16/h4-5H,1-3H2,(H,17,18). The molecule has 3 rings (SSSR count). The van der Waals surface area contributed by atoms with Crippen molar-refractivity contribution in [3.8, 4) is 11.5 Å². The van der Waals surface area contributed by atoms with Gasteiger partial charge in [-0.1, -0.05) is 0 Å². The van der Waals surface area contributed by atoms with Gasteiger partial charge in [-0.05, 0) is 12.5 Å². The van der Waals surface area contributed by atoms with Gasteiger partial charge in [-0.15, -0.1) is 8.78 Å². The van der Waals surface area contributed by atoms with Gasteiger partial charge in [-0.3, -0.25) is 9.69 Å². The second-order valence-corrected chi connectivity index (χ2v) is 4.44. The highest BCUT2D eigenvalue weighted by molar-refractivity contribution is 6.06. The predicted molar refractivity (Wildman–Crippen MR) is 61.6 cm³/mol. The molecule has 1 aromatic rings. The van der Waals surface area contributed by atoms with Gasteiger partial charge in [0.15, 0.2) is 17.3 Å². The smallest absolute Gasteiger partial charge is 0.465 e. The van der Waals surface area contributed by atoms with Crippen LogP contribution in [0.3, 0.4) is 0 Å². The zero-order valence-corrected chi connectivity index (χ0v) is 10.1. The molecule has 2 aliphatic rings. The number of hydrogen-bond acceptors (Lipinski definition) is 4. The van der Waals surface area contributed by atoms with Crippen molar-refractivity contribution in [2.24, 2.45) is 0 Å². The van der Waals surface area contributed by atoms with E-state index in [1.807, 2.05) is 0 Å². The number of ketones is 1. The second-order valence-electron chi connectivity index (χ2n) is 4.44. The Morgan fingerprint density at radius 1 is 1.30 bits per heavy atom. The average molecular weight is 285 g/mol. The van der Waals surface area contributed by atoms with Crippen LogP contribution in [0.2, 0.25) is 0 Å². The number of Topliss-reactive ketones (excluding diaryl/α,β-unsaturated/α-hetero) is 1. The van der Waals surface area contributed by atoms with Crippen molar-refractivity contribution >= 4 is 17.6 Å². The number of nitrogens with zero attached hydrogens (tertiary/aromatic N) is 1. The van der Waals surface area contributed by atoms with Crippen molar-refractivity contribution in [3.05, 3.63) is 17.7 Å². The molecule has 0 saturated carbocycles. The number of carbonyl (C=O) groups excluding carboxylic acids is 1. The summed E-state index contributed by atoms with van der Waals surface area (Å²) < 4.78 is 34.5. The summed E-state index contributed by atoms with van der Waals surface area (Å²) in [4.78, 5) is 24.1. The summed E-state index contributed by atoms with van der Waals surface area (Å²) in [6.07, 6.45) is -4.55. The lowest BCUT2D eigenvalue weighted by atomic mass is 10.1. The van der Waals surface area contributed by atoms with E-state index in [2.05, 4.69) is 9.47 Å². The van der Waals surface area contributed by atoms with Gasteiger partial charge in [0.25, 0.3) is 0 Å². The molecule has 1 N–H and O–H groups in total. The Balaban J connectivity index is 2.14. The van der Waals surface area contributed by atoms with Crippen LogP contribution in [0.1, 0.15) is 23.2 Å². The lowest BCUT2D eigenvalue weighted by Gasteiger charge is -2.18. The third-order valence-corrected chi connectivity index (χ3v) is 3.13. The van der Waals surface area contributed by atoms with E-state index in [-0.39, 0.29) is 41.5 Å². The molecule has 1 amide bonds. The van der Waals surface area contributed by atoms with Crippen molar-refractivity contribution in [3.63, 3.8) is 0 Å². The topological polar surface area (TPSA) is 76.1 Å². The van der Waals surface area contributed by atoms with Gasteiger partial charge in [0.2, 0.25) is 0 Å². The van der Waals surface area contributed by atoms with Gasteiger partial charge >= 0.3 is 12.4 Å². The number of rotatable bonds is 0. The quantitative estimate of drug-likeness (QED) is 0.792. The molecule has 6 nitrogen and oxygen atoms in total. The minimum Gasteiger partial charge on any atom is -0.465 e. The van der Waals surface area contributed by atoms with Crippen LogP contribution in [0.5, 0.6) is 11.5 Å². The third kappa shape index (κ3) is 1.93. The Hall–Kier alpha value is -2.38. The number of amides is 1. The largest absolute Gasteiger partial charge is 0.586 e. The normalized spacial score (nSPS) is 19.5. The van der Waals surface area contributed by atoms with E-state index >= 15 is 0 Å². The summed E-state index contributed by atoms with van der Waals surface area (Å²) in [7, 11) is 0. The Morgan fingerprint density at radius 2 is 1.95 bits per heavy atom. The summed E-state index contributed by atoms with van der Waals surface area (Å²) in [6, 6.07) is 2.21. The highest BCUT2D eigenvalue weighted by Crippen LogP contribution is 2.45. The average Bonchev–Trinajstić information content (AvgIpc) is 2.55. The van der Waals surface area contributed by atoms with Crippen LogP contribution in [0, 0.1) is 0 Å². The molecule has 8 heteroatoms. The molecule has 0 spiro atoms. The van der Waals surface area contributed by atoms with E-state index in [0.29, 0.717) is 6.42 Å². The van der Waals surface area contributed by atoms with Gasteiger partial charge < -0.3 is 14.6 Å². The van der Waals surface area contributed by atoms with E-state index in [1.165, 1.54) is 0 Å². The molecule has 0 radical (unpaired) electrons. The second kappa shape index (κ2) is 4.06. The van der Waals surface area contributed by atoms with Crippen LogP contribution in [0.4, 0.5) is 19.3 Å². The van der Waals surface area contributed by atoms with Crippen LogP contribution in [0.25, 0.3) is 0 Å². The molecule has 0 fully saturated rings. The van der Waals surface area contributed by atoms with Crippen LogP contribution in [-0.4, -0.2) is 29.8 Å². The minimum absolute atomic E-state index is 0.0417. The fourth-order valence-electron chi connectivity index (χ4n) is 2.28. The zero-order chi connectivity index (χ0) is 14.5. The Kier molecular flexibility index (Phi) is 2.56. The van der Waals surface area contributed by atoms with Gasteiger partial charge in [-0.25, -0.2) is 4.79 Å². The van der Waals surface area contributed by atoms with Crippen molar-refractivity contribution < 1.29 is 33.0 Å². The molecule has 0 bridgehead atoms. The molecule has 0 atom stereocenters. The van der Waals surface area contributed by atoms with Gasteiger partial charge in [0.05, 0.1) is 5.69 Å². The Morgan fingerprint density at radius 3 is 2.60 bits per heavy atom. The van der Waals surface area contributed by atoms with Crippen molar-refractivity contribution in [1.29, 1.82) is 0 Å². The number of benzene rings is 1. The highest BCUT2D eigenvalue weighted by Gasteiger charge is 2.44. The molecule has 0 saturated heterocycles. The highest BCUT2D eigenvalue weighted by atomic mass is 19.3. The number of hydrogen-bond donors (Lipinski definition) is 1. The van der Waals surface area contributed by atoms with Crippen LogP contribution >= 0.6 is 0 Å².